The Hall–Kier alpha value is -1.95. The summed E-state index contributed by atoms with van der Waals surface area (Å²) in [5.74, 6) is -0.362. The number of carbonyl (C=O) groups is 1. The van der Waals surface area contributed by atoms with Gasteiger partial charge in [0.15, 0.2) is 0 Å². The largest absolute Gasteiger partial charge is 0.469 e. The maximum absolute atomic E-state index is 11.0. The van der Waals surface area contributed by atoms with E-state index in [1.165, 1.54) is 19.2 Å². The van der Waals surface area contributed by atoms with Crippen molar-refractivity contribution in [2.75, 3.05) is 7.11 Å². The van der Waals surface area contributed by atoms with Crippen LogP contribution in [0.25, 0.3) is 0 Å². The van der Waals surface area contributed by atoms with E-state index in [1.807, 2.05) is 0 Å². The fourth-order valence-electron chi connectivity index (χ4n) is 1.43. The first kappa shape index (κ1) is 13.1. The molecule has 17 heavy (non-hydrogen) atoms. The van der Waals surface area contributed by atoms with Crippen LogP contribution in [0.2, 0.25) is 0 Å². The summed E-state index contributed by atoms with van der Waals surface area (Å²) in [7, 11) is 1.31. The Morgan fingerprint density at radius 1 is 1.47 bits per heavy atom. The second-order valence-electron chi connectivity index (χ2n) is 3.67. The minimum Gasteiger partial charge on any atom is -0.469 e. The van der Waals surface area contributed by atoms with E-state index < -0.39 is 4.92 Å². The molecule has 0 saturated carbocycles. The SMILES string of the molecule is COC(=O)CC(N)Cc1ccc([N+](=O)[O-])cc1. The van der Waals surface area contributed by atoms with E-state index in [0.29, 0.717) is 6.42 Å². The third-order valence-electron chi connectivity index (χ3n) is 2.30. The molecular formula is C11H14N2O4. The second-order valence-corrected chi connectivity index (χ2v) is 3.67. The van der Waals surface area contributed by atoms with Gasteiger partial charge in [-0.3, -0.25) is 14.9 Å². The molecule has 1 atom stereocenters. The highest BCUT2D eigenvalue weighted by Gasteiger charge is 2.11. The summed E-state index contributed by atoms with van der Waals surface area (Å²) >= 11 is 0. The smallest absolute Gasteiger partial charge is 0.307 e. The van der Waals surface area contributed by atoms with Crippen LogP contribution in [0.15, 0.2) is 24.3 Å². The van der Waals surface area contributed by atoms with E-state index in [1.54, 1.807) is 12.1 Å². The Labute approximate surface area is 98.5 Å². The molecule has 0 heterocycles. The maximum atomic E-state index is 11.0. The Balaban J connectivity index is 2.57. The van der Waals surface area contributed by atoms with Crippen molar-refractivity contribution in [3.63, 3.8) is 0 Å². The van der Waals surface area contributed by atoms with Crippen LogP contribution in [0.1, 0.15) is 12.0 Å². The van der Waals surface area contributed by atoms with Gasteiger partial charge in [0, 0.05) is 18.2 Å². The predicted molar refractivity (Wildman–Crippen MR) is 61.4 cm³/mol. The molecular weight excluding hydrogens is 224 g/mol. The van der Waals surface area contributed by atoms with Crippen molar-refractivity contribution in [3.8, 4) is 0 Å². The van der Waals surface area contributed by atoms with E-state index in [9.17, 15) is 14.9 Å². The fourth-order valence-corrected chi connectivity index (χ4v) is 1.43. The zero-order valence-corrected chi connectivity index (χ0v) is 9.46. The standard InChI is InChI=1S/C11H14N2O4/c1-17-11(14)7-9(12)6-8-2-4-10(5-3-8)13(15)16/h2-5,9H,6-7,12H2,1H3. The molecule has 0 aliphatic carbocycles. The summed E-state index contributed by atoms with van der Waals surface area (Å²) in [4.78, 5) is 20.9. The average molecular weight is 238 g/mol. The van der Waals surface area contributed by atoms with Gasteiger partial charge in [0.1, 0.15) is 0 Å². The molecule has 0 aliphatic rings. The molecule has 1 rings (SSSR count). The number of nitro groups is 1. The molecule has 0 aromatic heterocycles. The van der Waals surface area contributed by atoms with Gasteiger partial charge in [0.2, 0.25) is 0 Å². The van der Waals surface area contributed by atoms with Crippen molar-refractivity contribution < 1.29 is 14.5 Å². The summed E-state index contributed by atoms with van der Waals surface area (Å²) in [6.07, 6.45) is 0.612. The monoisotopic (exact) mass is 238 g/mol. The van der Waals surface area contributed by atoms with Gasteiger partial charge in [0.25, 0.3) is 5.69 Å². The van der Waals surface area contributed by atoms with Gasteiger partial charge in [-0.15, -0.1) is 0 Å². The third kappa shape index (κ3) is 4.20. The highest BCUT2D eigenvalue weighted by atomic mass is 16.6. The quantitative estimate of drug-likeness (QED) is 0.469. The van der Waals surface area contributed by atoms with Crippen molar-refractivity contribution in [3.05, 3.63) is 39.9 Å². The molecule has 92 valence electrons. The first-order valence-electron chi connectivity index (χ1n) is 5.08. The number of rotatable bonds is 5. The molecule has 1 aromatic carbocycles. The molecule has 0 radical (unpaired) electrons. The average Bonchev–Trinajstić information content (AvgIpc) is 2.29. The molecule has 0 saturated heterocycles. The van der Waals surface area contributed by atoms with Crippen LogP contribution in [0.5, 0.6) is 0 Å². The van der Waals surface area contributed by atoms with E-state index >= 15 is 0 Å². The topological polar surface area (TPSA) is 95.5 Å². The van der Waals surface area contributed by atoms with Crippen LogP contribution >= 0.6 is 0 Å². The molecule has 0 aliphatic heterocycles. The molecule has 0 fully saturated rings. The first-order chi connectivity index (χ1) is 8.02. The van der Waals surface area contributed by atoms with E-state index in [4.69, 9.17) is 5.73 Å². The van der Waals surface area contributed by atoms with Gasteiger partial charge in [-0.2, -0.15) is 0 Å². The van der Waals surface area contributed by atoms with Gasteiger partial charge in [-0.1, -0.05) is 12.1 Å². The zero-order chi connectivity index (χ0) is 12.8. The van der Waals surface area contributed by atoms with Gasteiger partial charge in [-0.25, -0.2) is 0 Å². The maximum Gasteiger partial charge on any atom is 0.307 e. The zero-order valence-electron chi connectivity index (χ0n) is 9.46. The lowest BCUT2D eigenvalue weighted by molar-refractivity contribution is -0.384. The summed E-state index contributed by atoms with van der Waals surface area (Å²) in [6.45, 7) is 0. The van der Waals surface area contributed by atoms with Gasteiger partial charge < -0.3 is 10.5 Å². The van der Waals surface area contributed by atoms with Crippen LogP contribution in [0.4, 0.5) is 5.69 Å². The number of hydrogen-bond acceptors (Lipinski definition) is 5. The first-order valence-corrected chi connectivity index (χ1v) is 5.08. The second kappa shape index (κ2) is 5.95. The predicted octanol–water partition coefficient (Wildman–Crippen LogP) is 1.03. The Bertz CT molecular complexity index is 402. The normalized spacial score (nSPS) is 11.9. The molecule has 1 aromatic rings. The summed E-state index contributed by atoms with van der Waals surface area (Å²) in [6, 6.07) is 5.76. The van der Waals surface area contributed by atoms with Crippen molar-refractivity contribution in [1.82, 2.24) is 0 Å². The van der Waals surface area contributed by atoms with Crippen molar-refractivity contribution in [1.29, 1.82) is 0 Å². The van der Waals surface area contributed by atoms with Crippen molar-refractivity contribution >= 4 is 11.7 Å². The number of nitro benzene ring substituents is 1. The van der Waals surface area contributed by atoms with Crippen LogP contribution in [0.3, 0.4) is 0 Å². The molecule has 0 bridgehead atoms. The third-order valence-corrected chi connectivity index (χ3v) is 2.30. The molecule has 1 unspecified atom stereocenters. The van der Waals surface area contributed by atoms with Crippen LogP contribution in [0, 0.1) is 10.1 Å². The molecule has 0 amide bonds. The lowest BCUT2D eigenvalue weighted by Crippen LogP contribution is -2.26. The number of nitrogens with two attached hydrogens (primary N) is 1. The lowest BCUT2D eigenvalue weighted by atomic mass is 10.0. The summed E-state index contributed by atoms with van der Waals surface area (Å²) in [5.41, 5.74) is 6.64. The highest BCUT2D eigenvalue weighted by Crippen LogP contribution is 2.13. The van der Waals surface area contributed by atoms with E-state index in [2.05, 4.69) is 4.74 Å². The number of ether oxygens (including phenoxy) is 1. The van der Waals surface area contributed by atoms with Crippen molar-refractivity contribution in [2.45, 2.75) is 18.9 Å². The summed E-state index contributed by atoms with van der Waals surface area (Å²) in [5, 5.41) is 10.4. The van der Waals surface area contributed by atoms with Gasteiger partial charge >= 0.3 is 5.97 Å². The van der Waals surface area contributed by atoms with Gasteiger partial charge in [0.05, 0.1) is 18.5 Å². The van der Waals surface area contributed by atoms with Crippen LogP contribution in [-0.2, 0) is 16.0 Å². The van der Waals surface area contributed by atoms with Crippen LogP contribution in [-0.4, -0.2) is 24.0 Å². The molecule has 6 nitrogen and oxygen atoms in total. The van der Waals surface area contributed by atoms with Crippen molar-refractivity contribution in [2.24, 2.45) is 5.73 Å². The number of non-ortho nitro benzene ring substituents is 1. The number of methoxy groups -OCH3 is 1. The molecule has 2 N–H and O–H groups in total. The number of esters is 1. The summed E-state index contributed by atoms with van der Waals surface area (Å²) < 4.78 is 4.50. The Kier molecular flexibility index (Phi) is 4.59. The number of hydrogen-bond donors (Lipinski definition) is 1. The van der Waals surface area contributed by atoms with E-state index in [-0.39, 0.29) is 24.1 Å². The highest BCUT2D eigenvalue weighted by molar-refractivity contribution is 5.69. The molecule has 0 spiro atoms. The van der Waals surface area contributed by atoms with Crippen LogP contribution < -0.4 is 5.73 Å². The Morgan fingerprint density at radius 2 is 2.06 bits per heavy atom. The number of benzene rings is 1. The Morgan fingerprint density at radius 3 is 2.53 bits per heavy atom. The minimum atomic E-state index is -0.460. The van der Waals surface area contributed by atoms with E-state index in [0.717, 1.165) is 5.56 Å². The number of carbonyl (C=O) groups excluding carboxylic acids is 1. The van der Waals surface area contributed by atoms with Gasteiger partial charge in [-0.05, 0) is 12.0 Å². The fraction of sp³-hybridized carbons (Fsp3) is 0.364. The lowest BCUT2D eigenvalue weighted by Gasteiger charge is -2.09. The molecule has 6 heteroatoms. The minimum absolute atomic E-state index is 0.0373. The number of nitrogens with zero attached hydrogens (tertiary/aromatic N) is 1.